The number of nitrogens with one attached hydrogen (secondary N) is 3. The van der Waals surface area contributed by atoms with Crippen LogP contribution in [0.5, 0.6) is 5.75 Å². The summed E-state index contributed by atoms with van der Waals surface area (Å²) in [6, 6.07) is 12.2. The van der Waals surface area contributed by atoms with Gasteiger partial charge in [-0.3, -0.25) is 9.59 Å². The molecule has 41 heavy (non-hydrogen) atoms. The summed E-state index contributed by atoms with van der Waals surface area (Å²) in [5.41, 5.74) is 2.93. The molecule has 0 radical (unpaired) electrons. The van der Waals surface area contributed by atoms with Crippen molar-refractivity contribution in [1.29, 1.82) is 0 Å². The first kappa shape index (κ1) is 29.7. The number of aliphatic carboxylic acids is 1. The average molecular weight is 566 g/mol. The summed E-state index contributed by atoms with van der Waals surface area (Å²) >= 11 is 0. The van der Waals surface area contributed by atoms with Gasteiger partial charge in [-0.1, -0.05) is 24.3 Å². The van der Waals surface area contributed by atoms with Crippen LogP contribution in [0.1, 0.15) is 36.8 Å². The molecule has 0 spiro atoms. The highest BCUT2D eigenvalue weighted by Crippen LogP contribution is 2.27. The predicted octanol–water partition coefficient (Wildman–Crippen LogP) is 3.93. The van der Waals surface area contributed by atoms with Gasteiger partial charge in [0.15, 0.2) is 0 Å². The third-order valence-corrected chi connectivity index (χ3v) is 7.81. The fourth-order valence-corrected chi connectivity index (χ4v) is 5.36. The Bertz CT molecular complexity index is 1260. The van der Waals surface area contributed by atoms with E-state index in [4.69, 9.17) is 9.84 Å². The molecule has 2 fully saturated rings. The highest BCUT2D eigenvalue weighted by Gasteiger charge is 2.28. The Morgan fingerprint density at radius 1 is 0.951 bits per heavy atom. The van der Waals surface area contributed by atoms with E-state index in [0.29, 0.717) is 62.7 Å². The molecule has 2 aromatic rings. The molecule has 2 aliphatic heterocycles. The molecule has 1 unspecified atom stereocenters. The second kappa shape index (κ2) is 13.9. The van der Waals surface area contributed by atoms with Gasteiger partial charge >= 0.3 is 18.0 Å². The Hall–Kier alpha value is -4.28. The highest BCUT2D eigenvalue weighted by molar-refractivity contribution is 6.01. The summed E-state index contributed by atoms with van der Waals surface area (Å²) in [4.78, 5) is 52.9. The molecule has 0 aromatic heterocycles. The van der Waals surface area contributed by atoms with Crippen LogP contribution in [0.25, 0.3) is 0 Å². The van der Waals surface area contributed by atoms with Crippen LogP contribution in [-0.4, -0.2) is 78.7 Å². The molecule has 2 heterocycles. The van der Waals surface area contributed by atoms with E-state index in [1.54, 1.807) is 23.1 Å². The maximum absolute atomic E-state index is 13.1. The maximum atomic E-state index is 13.1. The number of anilines is 2. The number of para-hydroxylation sites is 1. The lowest BCUT2D eigenvalue weighted by Gasteiger charge is -2.34. The number of carboxylic acids is 1. The normalized spacial score (nSPS) is 17.5. The maximum Gasteiger partial charge on any atom is 0.323 e. The van der Waals surface area contributed by atoms with Gasteiger partial charge in [-0.15, -0.1) is 0 Å². The number of piperidine rings is 2. The molecule has 220 valence electrons. The van der Waals surface area contributed by atoms with E-state index < -0.39 is 12.0 Å². The number of methoxy groups -OCH3 is 1. The molecule has 0 saturated carbocycles. The van der Waals surface area contributed by atoms with Crippen molar-refractivity contribution in [3.05, 3.63) is 53.6 Å². The number of rotatable bonds is 8. The first-order valence-electron chi connectivity index (χ1n) is 14.1. The standard InChI is InChI=1S/C30H39N5O6/c1-20-6-3-4-8-24(20)32-29(39)33-25-10-9-21(16-26(25)41-2)17-27(36)35-13-5-7-22(19-35)18-31-30(40)34-14-11-23(12-15-34)28(37)38/h3-4,6,8-10,16,22-23H,5,7,11-15,17-19H2,1-2H3,(H,31,40)(H,37,38)(H2,32,33,39). The lowest BCUT2D eigenvalue weighted by molar-refractivity contribution is -0.143. The Morgan fingerprint density at radius 3 is 2.39 bits per heavy atom. The zero-order valence-corrected chi connectivity index (χ0v) is 23.7. The molecule has 2 saturated heterocycles. The third kappa shape index (κ3) is 8.12. The van der Waals surface area contributed by atoms with E-state index in [-0.39, 0.29) is 30.2 Å². The van der Waals surface area contributed by atoms with Gasteiger partial charge in [0.2, 0.25) is 5.91 Å². The van der Waals surface area contributed by atoms with Crippen LogP contribution in [0, 0.1) is 18.8 Å². The van der Waals surface area contributed by atoms with Crippen LogP contribution in [0.4, 0.5) is 21.0 Å². The van der Waals surface area contributed by atoms with Crippen molar-refractivity contribution in [2.75, 3.05) is 50.5 Å². The summed E-state index contributed by atoms with van der Waals surface area (Å²) in [6.07, 6.45) is 2.92. The van der Waals surface area contributed by atoms with E-state index in [0.717, 1.165) is 24.0 Å². The van der Waals surface area contributed by atoms with Gasteiger partial charge in [0.05, 0.1) is 25.1 Å². The van der Waals surface area contributed by atoms with Gasteiger partial charge in [-0.2, -0.15) is 0 Å². The number of hydrogen-bond acceptors (Lipinski definition) is 5. The summed E-state index contributed by atoms with van der Waals surface area (Å²) in [6.45, 7) is 4.50. The van der Waals surface area contributed by atoms with Gasteiger partial charge in [-0.25, -0.2) is 9.59 Å². The molecule has 5 amide bonds. The van der Waals surface area contributed by atoms with Crippen molar-refractivity contribution in [2.45, 2.75) is 39.0 Å². The van der Waals surface area contributed by atoms with Gasteiger partial charge in [0.25, 0.3) is 0 Å². The average Bonchev–Trinajstić information content (AvgIpc) is 2.98. The molecule has 2 aromatic carbocycles. The molecule has 11 nitrogen and oxygen atoms in total. The van der Waals surface area contributed by atoms with Crippen LogP contribution < -0.4 is 20.7 Å². The Morgan fingerprint density at radius 2 is 1.68 bits per heavy atom. The Labute approximate surface area is 240 Å². The van der Waals surface area contributed by atoms with Crippen molar-refractivity contribution >= 4 is 35.3 Å². The van der Waals surface area contributed by atoms with Crippen molar-refractivity contribution in [3.8, 4) is 5.75 Å². The summed E-state index contributed by atoms with van der Waals surface area (Å²) in [5.74, 6) is -0.572. The number of nitrogens with zero attached hydrogens (tertiary/aromatic N) is 2. The zero-order chi connectivity index (χ0) is 29.4. The number of amides is 5. The number of carbonyl (C=O) groups is 4. The first-order valence-corrected chi connectivity index (χ1v) is 14.1. The quantitative estimate of drug-likeness (QED) is 0.382. The van der Waals surface area contributed by atoms with Gasteiger partial charge in [-0.05, 0) is 67.9 Å². The molecule has 0 bridgehead atoms. The molecular formula is C30H39N5O6. The minimum Gasteiger partial charge on any atom is -0.495 e. The third-order valence-electron chi connectivity index (χ3n) is 7.81. The van der Waals surface area contributed by atoms with E-state index >= 15 is 0 Å². The lowest BCUT2D eigenvalue weighted by atomic mass is 9.96. The lowest BCUT2D eigenvalue weighted by Crippen LogP contribution is -2.49. The minimum absolute atomic E-state index is 0.00294. The number of urea groups is 2. The number of ether oxygens (including phenoxy) is 1. The molecule has 4 N–H and O–H groups in total. The summed E-state index contributed by atoms with van der Waals surface area (Å²) < 4.78 is 5.49. The van der Waals surface area contributed by atoms with E-state index in [1.807, 2.05) is 36.1 Å². The number of carboxylic acid groups (broad SMARTS) is 1. The van der Waals surface area contributed by atoms with Crippen LogP contribution in [0.15, 0.2) is 42.5 Å². The highest BCUT2D eigenvalue weighted by atomic mass is 16.5. The van der Waals surface area contributed by atoms with Crippen LogP contribution >= 0.6 is 0 Å². The largest absolute Gasteiger partial charge is 0.495 e. The number of carbonyl (C=O) groups excluding carboxylic acids is 3. The molecule has 0 aliphatic carbocycles. The molecule has 11 heteroatoms. The Balaban J connectivity index is 1.26. The van der Waals surface area contributed by atoms with Crippen LogP contribution in [0.2, 0.25) is 0 Å². The van der Waals surface area contributed by atoms with Crippen LogP contribution in [0.3, 0.4) is 0 Å². The number of aryl methyl sites for hydroxylation is 1. The molecular weight excluding hydrogens is 526 g/mol. The SMILES string of the molecule is COc1cc(CC(=O)N2CCCC(CNC(=O)N3CCC(C(=O)O)CC3)C2)ccc1NC(=O)Nc1ccccc1C. The number of likely N-dealkylation sites (tertiary alicyclic amines) is 2. The summed E-state index contributed by atoms with van der Waals surface area (Å²) in [7, 11) is 1.52. The van der Waals surface area contributed by atoms with Crippen LogP contribution in [-0.2, 0) is 16.0 Å². The molecule has 1 atom stereocenters. The van der Waals surface area contributed by atoms with Gasteiger partial charge < -0.3 is 35.6 Å². The fourth-order valence-electron chi connectivity index (χ4n) is 5.36. The minimum atomic E-state index is -0.802. The van der Waals surface area contributed by atoms with E-state index in [2.05, 4.69) is 16.0 Å². The van der Waals surface area contributed by atoms with Gasteiger partial charge in [0, 0.05) is 38.4 Å². The Kier molecular flexibility index (Phi) is 10.0. The summed E-state index contributed by atoms with van der Waals surface area (Å²) in [5, 5.41) is 17.8. The second-order valence-corrected chi connectivity index (χ2v) is 10.7. The molecule has 2 aliphatic rings. The number of hydrogen-bond donors (Lipinski definition) is 4. The van der Waals surface area contributed by atoms with E-state index in [1.165, 1.54) is 7.11 Å². The second-order valence-electron chi connectivity index (χ2n) is 10.7. The van der Waals surface area contributed by atoms with Crippen molar-refractivity contribution in [1.82, 2.24) is 15.1 Å². The van der Waals surface area contributed by atoms with Crippen molar-refractivity contribution in [3.63, 3.8) is 0 Å². The predicted molar refractivity (Wildman–Crippen MR) is 155 cm³/mol. The van der Waals surface area contributed by atoms with E-state index in [9.17, 15) is 19.2 Å². The monoisotopic (exact) mass is 565 g/mol. The number of benzene rings is 2. The topological polar surface area (TPSA) is 140 Å². The molecule has 4 rings (SSSR count). The van der Waals surface area contributed by atoms with Crippen molar-refractivity contribution < 1.29 is 29.0 Å². The fraction of sp³-hybridized carbons (Fsp3) is 0.467. The van der Waals surface area contributed by atoms with Gasteiger partial charge in [0.1, 0.15) is 5.75 Å². The first-order chi connectivity index (χ1) is 19.7. The van der Waals surface area contributed by atoms with Crippen molar-refractivity contribution in [2.24, 2.45) is 11.8 Å². The smallest absolute Gasteiger partial charge is 0.323 e. The zero-order valence-electron chi connectivity index (χ0n) is 23.7.